The highest BCUT2D eigenvalue weighted by Crippen LogP contribution is 2.52. The highest BCUT2D eigenvalue weighted by Gasteiger charge is 2.56. The lowest BCUT2D eigenvalue weighted by atomic mass is 9.60. The van der Waals surface area contributed by atoms with Gasteiger partial charge >= 0.3 is 5.97 Å². The van der Waals surface area contributed by atoms with Gasteiger partial charge in [-0.05, 0) is 24.2 Å². The van der Waals surface area contributed by atoms with Crippen molar-refractivity contribution in [1.29, 1.82) is 0 Å². The summed E-state index contributed by atoms with van der Waals surface area (Å²) in [5, 5.41) is 9.66. The predicted octanol–water partition coefficient (Wildman–Crippen LogP) is 2.86. The maximum absolute atomic E-state index is 11.8. The van der Waals surface area contributed by atoms with Gasteiger partial charge in [-0.15, -0.1) is 0 Å². The van der Waals surface area contributed by atoms with Crippen LogP contribution in [0.15, 0.2) is 0 Å². The molecule has 0 amide bonds. The zero-order valence-corrected chi connectivity index (χ0v) is 12.6. The van der Waals surface area contributed by atoms with E-state index in [1.807, 2.05) is 0 Å². The zero-order valence-electron chi connectivity index (χ0n) is 11.1. The number of rotatable bonds is 4. The smallest absolute Gasteiger partial charge is 0.311 e. The van der Waals surface area contributed by atoms with Gasteiger partial charge in [-0.3, -0.25) is 4.79 Å². The number of hydrogen-bond donors (Lipinski definition) is 1. The molecule has 1 aliphatic rings. The first-order valence-electron chi connectivity index (χ1n) is 6.16. The van der Waals surface area contributed by atoms with E-state index in [9.17, 15) is 18.3 Å². The highest BCUT2D eigenvalue weighted by molar-refractivity contribution is 8.13. The van der Waals surface area contributed by atoms with Crippen LogP contribution in [0.3, 0.4) is 0 Å². The SMILES string of the molecule is CC(C)(C)C(CS(=O)(=O)Cl)(C(=O)O)C1CCCC1. The van der Waals surface area contributed by atoms with Gasteiger partial charge in [0.2, 0.25) is 9.05 Å². The molecule has 0 bridgehead atoms. The summed E-state index contributed by atoms with van der Waals surface area (Å²) in [5.74, 6) is -1.67. The summed E-state index contributed by atoms with van der Waals surface area (Å²) in [6.45, 7) is 5.34. The summed E-state index contributed by atoms with van der Waals surface area (Å²) in [6.07, 6.45) is 3.43. The van der Waals surface area contributed by atoms with Crippen molar-refractivity contribution in [2.24, 2.45) is 16.7 Å². The van der Waals surface area contributed by atoms with Gasteiger partial charge in [0.25, 0.3) is 0 Å². The molecule has 1 rings (SSSR count). The molecule has 6 heteroatoms. The molecule has 0 spiro atoms. The third-order valence-corrected chi connectivity index (χ3v) is 5.30. The fourth-order valence-corrected chi connectivity index (χ4v) is 5.05. The Balaban J connectivity index is 3.31. The molecule has 0 aromatic carbocycles. The van der Waals surface area contributed by atoms with Gasteiger partial charge < -0.3 is 5.11 Å². The van der Waals surface area contributed by atoms with Crippen LogP contribution in [-0.2, 0) is 13.8 Å². The van der Waals surface area contributed by atoms with Gasteiger partial charge in [-0.1, -0.05) is 33.6 Å². The molecule has 0 aliphatic heterocycles. The second-order valence-electron chi connectivity index (χ2n) is 6.19. The van der Waals surface area contributed by atoms with Crippen molar-refractivity contribution >= 4 is 25.7 Å². The lowest BCUT2D eigenvalue weighted by Crippen LogP contribution is -2.52. The van der Waals surface area contributed by atoms with Crippen LogP contribution < -0.4 is 0 Å². The second-order valence-corrected chi connectivity index (χ2v) is 8.97. The average molecular weight is 297 g/mol. The van der Waals surface area contributed by atoms with Crippen molar-refractivity contribution in [2.75, 3.05) is 5.75 Å². The molecule has 0 aromatic rings. The number of carboxylic acids is 1. The van der Waals surface area contributed by atoms with E-state index in [1.54, 1.807) is 20.8 Å². The average Bonchev–Trinajstić information content (AvgIpc) is 2.62. The Morgan fingerprint density at radius 3 is 2.00 bits per heavy atom. The molecule has 0 radical (unpaired) electrons. The Morgan fingerprint density at radius 2 is 1.72 bits per heavy atom. The van der Waals surface area contributed by atoms with Crippen molar-refractivity contribution in [3.05, 3.63) is 0 Å². The zero-order chi connectivity index (χ0) is 14.2. The topological polar surface area (TPSA) is 71.4 Å². The van der Waals surface area contributed by atoms with Crippen LogP contribution >= 0.6 is 10.7 Å². The van der Waals surface area contributed by atoms with Gasteiger partial charge in [-0.2, -0.15) is 0 Å². The van der Waals surface area contributed by atoms with E-state index in [4.69, 9.17) is 10.7 Å². The van der Waals surface area contributed by atoms with E-state index < -0.39 is 31.6 Å². The van der Waals surface area contributed by atoms with E-state index >= 15 is 0 Å². The molecule has 0 saturated heterocycles. The highest BCUT2D eigenvalue weighted by atomic mass is 35.7. The minimum atomic E-state index is -3.86. The Morgan fingerprint density at radius 1 is 1.28 bits per heavy atom. The van der Waals surface area contributed by atoms with Crippen LogP contribution in [0, 0.1) is 16.7 Å². The number of halogens is 1. The number of aliphatic carboxylic acids is 1. The molecule has 106 valence electrons. The van der Waals surface area contributed by atoms with E-state index in [1.165, 1.54) is 0 Å². The lowest BCUT2D eigenvalue weighted by Gasteiger charge is -2.44. The molecule has 1 saturated carbocycles. The molecule has 1 atom stereocenters. The van der Waals surface area contributed by atoms with E-state index in [-0.39, 0.29) is 5.92 Å². The molecular weight excluding hydrogens is 276 g/mol. The monoisotopic (exact) mass is 296 g/mol. The first-order chi connectivity index (χ1) is 8.01. The Kier molecular flexibility index (Phi) is 4.38. The minimum Gasteiger partial charge on any atom is -0.481 e. The predicted molar refractivity (Wildman–Crippen MR) is 71.1 cm³/mol. The lowest BCUT2D eigenvalue weighted by molar-refractivity contribution is -0.159. The van der Waals surface area contributed by atoms with Gasteiger partial charge in [-0.25, -0.2) is 8.42 Å². The van der Waals surface area contributed by atoms with Gasteiger partial charge in [0.05, 0.1) is 11.2 Å². The third-order valence-electron chi connectivity index (χ3n) is 4.17. The quantitative estimate of drug-likeness (QED) is 0.810. The Bertz CT molecular complexity index is 418. The summed E-state index contributed by atoms with van der Waals surface area (Å²) in [5.41, 5.74) is -1.96. The van der Waals surface area contributed by atoms with Gasteiger partial charge in [0, 0.05) is 10.7 Å². The van der Waals surface area contributed by atoms with Crippen molar-refractivity contribution in [1.82, 2.24) is 0 Å². The second kappa shape index (κ2) is 5.00. The maximum atomic E-state index is 11.8. The molecule has 1 aliphatic carbocycles. The molecule has 18 heavy (non-hydrogen) atoms. The van der Waals surface area contributed by atoms with Crippen LogP contribution in [0.25, 0.3) is 0 Å². The molecule has 0 heterocycles. The van der Waals surface area contributed by atoms with Crippen LogP contribution in [0.2, 0.25) is 0 Å². The first-order valence-corrected chi connectivity index (χ1v) is 8.64. The van der Waals surface area contributed by atoms with E-state index in [2.05, 4.69) is 0 Å². The summed E-state index contributed by atoms with van der Waals surface area (Å²) in [4.78, 5) is 11.8. The number of carboxylic acid groups (broad SMARTS) is 1. The number of carbonyl (C=O) groups is 1. The molecule has 4 nitrogen and oxygen atoms in total. The summed E-state index contributed by atoms with van der Waals surface area (Å²) in [6, 6.07) is 0. The normalized spacial score (nSPS) is 21.8. The van der Waals surface area contributed by atoms with Crippen molar-refractivity contribution < 1.29 is 18.3 Å². The van der Waals surface area contributed by atoms with Crippen LogP contribution in [0.1, 0.15) is 46.5 Å². The standard InChI is InChI=1S/C12H21ClO4S/c1-11(2,3)12(10(14)15,8-18(13,16)17)9-6-4-5-7-9/h9H,4-8H2,1-3H3,(H,14,15). The molecular formula is C12H21ClO4S. The molecule has 1 unspecified atom stereocenters. The van der Waals surface area contributed by atoms with Crippen LogP contribution in [0.5, 0.6) is 0 Å². The minimum absolute atomic E-state index is 0.122. The fraction of sp³-hybridized carbons (Fsp3) is 0.917. The van der Waals surface area contributed by atoms with Crippen molar-refractivity contribution in [3.8, 4) is 0 Å². The van der Waals surface area contributed by atoms with E-state index in [0.29, 0.717) is 0 Å². The third kappa shape index (κ3) is 2.99. The largest absolute Gasteiger partial charge is 0.481 e. The van der Waals surface area contributed by atoms with Crippen molar-refractivity contribution in [3.63, 3.8) is 0 Å². The van der Waals surface area contributed by atoms with Crippen LogP contribution in [0.4, 0.5) is 0 Å². The Hall–Kier alpha value is -0.290. The maximum Gasteiger partial charge on any atom is 0.311 e. The Labute approximate surface area is 113 Å². The summed E-state index contributed by atoms with van der Waals surface area (Å²) >= 11 is 0. The first kappa shape index (κ1) is 15.8. The van der Waals surface area contributed by atoms with Gasteiger partial charge in [0.1, 0.15) is 0 Å². The van der Waals surface area contributed by atoms with Crippen molar-refractivity contribution in [2.45, 2.75) is 46.5 Å². The number of hydrogen-bond acceptors (Lipinski definition) is 3. The van der Waals surface area contributed by atoms with Gasteiger partial charge in [0.15, 0.2) is 0 Å². The summed E-state index contributed by atoms with van der Waals surface area (Å²) in [7, 11) is 1.50. The summed E-state index contributed by atoms with van der Waals surface area (Å²) < 4.78 is 22.9. The molecule has 0 aromatic heterocycles. The van der Waals surface area contributed by atoms with E-state index in [0.717, 1.165) is 25.7 Å². The fourth-order valence-electron chi connectivity index (χ4n) is 3.19. The van der Waals surface area contributed by atoms with Crippen LogP contribution in [-0.4, -0.2) is 25.2 Å². The molecule has 1 N–H and O–H groups in total. The molecule has 1 fully saturated rings.